The Morgan fingerprint density at radius 3 is 2.24 bits per heavy atom. The minimum atomic E-state index is -0.822. The predicted molar refractivity (Wildman–Crippen MR) is 141 cm³/mol. The lowest BCUT2D eigenvalue weighted by atomic mass is 9.98. The van der Waals surface area contributed by atoms with Crippen molar-refractivity contribution in [1.29, 1.82) is 0 Å². The second-order valence-corrected chi connectivity index (χ2v) is 9.47. The molecule has 4 amide bonds. The van der Waals surface area contributed by atoms with E-state index in [0.29, 0.717) is 13.1 Å². The Balaban J connectivity index is 1.44. The zero-order valence-corrected chi connectivity index (χ0v) is 21.5. The summed E-state index contributed by atoms with van der Waals surface area (Å²) in [6.07, 6.45) is -0.663. The Kier molecular flexibility index (Phi) is 7.28. The average molecular weight is 514 g/mol. The van der Waals surface area contributed by atoms with E-state index in [9.17, 15) is 14.4 Å². The van der Waals surface area contributed by atoms with E-state index in [0.717, 1.165) is 22.4 Å². The second-order valence-electron chi connectivity index (χ2n) is 9.47. The van der Waals surface area contributed by atoms with Crippen LogP contribution in [-0.4, -0.2) is 71.1 Å². The Labute approximate surface area is 222 Å². The van der Waals surface area contributed by atoms with Crippen LogP contribution in [0.3, 0.4) is 0 Å². The first-order valence-corrected chi connectivity index (χ1v) is 12.6. The number of fused-ring (bicyclic) bond motifs is 1. The third kappa shape index (κ3) is 5.05. The molecule has 196 valence electrons. The summed E-state index contributed by atoms with van der Waals surface area (Å²) in [6, 6.07) is 25.3. The molecule has 38 heavy (non-hydrogen) atoms. The van der Waals surface area contributed by atoms with Crippen LogP contribution in [0.1, 0.15) is 22.7 Å². The quantitative estimate of drug-likeness (QED) is 0.548. The molecule has 2 aliphatic heterocycles. The highest BCUT2D eigenvalue weighted by atomic mass is 16.5. The molecule has 0 saturated carbocycles. The van der Waals surface area contributed by atoms with Gasteiger partial charge in [0.25, 0.3) is 5.91 Å². The number of carbonyl (C=O) groups excluding carboxylic acids is 3. The molecule has 1 N–H and O–H groups in total. The van der Waals surface area contributed by atoms with Crippen molar-refractivity contribution in [1.82, 2.24) is 25.1 Å². The standard InChI is InChI=1S/C29H31N5O4/c1-31-20-26(35)33-25(34(31)29(37)30-17-21-13-15-24(38-2)16-14-21)19-32(18-22-9-5-3-6-10-22)28(36)27(33)23-11-7-4-8-12-23/h3-16,25,27H,17-20H2,1-2H3,(H,30,37)/t25?,27-/m0/s1. The number of urea groups is 1. The first kappa shape index (κ1) is 25.3. The zero-order valence-electron chi connectivity index (χ0n) is 21.5. The van der Waals surface area contributed by atoms with E-state index >= 15 is 0 Å². The Bertz CT molecular complexity index is 1290. The summed E-state index contributed by atoms with van der Waals surface area (Å²) in [5, 5.41) is 6.17. The number of rotatable bonds is 6. The molecule has 3 aromatic carbocycles. The predicted octanol–water partition coefficient (Wildman–Crippen LogP) is 3.01. The summed E-state index contributed by atoms with van der Waals surface area (Å²) < 4.78 is 5.21. The average Bonchev–Trinajstić information content (AvgIpc) is 2.94. The highest BCUT2D eigenvalue weighted by Gasteiger charge is 2.51. The molecule has 5 rings (SSSR count). The number of benzene rings is 3. The topological polar surface area (TPSA) is 85.4 Å². The van der Waals surface area contributed by atoms with Crippen LogP contribution in [-0.2, 0) is 22.7 Å². The zero-order chi connectivity index (χ0) is 26.6. The van der Waals surface area contributed by atoms with Gasteiger partial charge in [-0.15, -0.1) is 0 Å². The summed E-state index contributed by atoms with van der Waals surface area (Å²) in [7, 11) is 3.33. The molecule has 2 fully saturated rings. The molecule has 0 bridgehead atoms. The van der Waals surface area contributed by atoms with Gasteiger partial charge >= 0.3 is 6.03 Å². The molecule has 2 saturated heterocycles. The van der Waals surface area contributed by atoms with Gasteiger partial charge in [0.05, 0.1) is 20.2 Å². The molecule has 0 aliphatic carbocycles. The lowest BCUT2D eigenvalue weighted by Gasteiger charge is -2.54. The van der Waals surface area contributed by atoms with Crippen molar-refractivity contribution in [2.24, 2.45) is 0 Å². The number of likely N-dealkylation sites (N-methyl/N-ethyl adjacent to an activating group) is 1. The van der Waals surface area contributed by atoms with E-state index in [1.54, 1.807) is 34.0 Å². The molecule has 0 aromatic heterocycles. The number of ether oxygens (including phenoxy) is 1. The number of carbonyl (C=O) groups is 3. The SMILES string of the molecule is COc1ccc(CNC(=O)N2C3CN(Cc4ccccc4)C(=O)[C@H](c4ccccc4)N3C(=O)CN2C)cc1. The van der Waals surface area contributed by atoms with Gasteiger partial charge in [-0.1, -0.05) is 72.8 Å². The Hall–Kier alpha value is -4.37. The van der Waals surface area contributed by atoms with Gasteiger partial charge in [0, 0.05) is 20.1 Å². The molecular formula is C29H31N5O4. The van der Waals surface area contributed by atoms with Crippen LogP contribution in [0, 0.1) is 0 Å². The van der Waals surface area contributed by atoms with E-state index in [4.69, 9.17) is 4.74 Å². The minimum absolute atomic E-state index is 0.0121. The number of amides is 4. The first-order chi connectivity index (χ1) is 18.5. The lowest BCUT2D eigenvalue weighted by Crippen LogP contribution is -2.73. The van der Waals surface area contributed by atoms with Crippen molar-refractivity contribution in [3.8, 4) is 5.75 Å². The van der Waals surface area contributed by atoms with E-state index in [1.165, 1.54) is 0 Å². The maximum atomic E-state index is 13.8. The molecule has 9 nitrogen and oxygen atoms in total. The summed E-state index contributed by atoms with van der Waals surface area (Å²) in [4.78, 5) is 44.1. The lowest BCUT2D eigenvalue weighted by molar-refractivity contribution is -0.188. The third-order valence-electron chi connectivity index (χ3n) is 6.97. The molecule has 1 unspecified atom stereocenters. The van der Waals surface area contributed by atoms with Crippen LogP contribution in [0.5, 0.6) is 5.75 Å². The summed E-state index contributed by atoms with van der Waals surface area (Å²) in [5.74, 6) is 0.383. The maximum absolute atomic E-state index is 13.8. The highest BCUT2D eigenvalue weighted by molar-refractivity contribution is 5.92. The fourth-order valence-corrected chi connectivity index (χ4v) is 5.10. The first-order valence-electron chi connectivity index (χ1n) is 12.6. The van der Waals surface area contributed by atoms with Crippen molar-refractivity contribution < 1.29 is 19.1 Å². The molecule has 9 heteroatoms. The second kappa shape index (κ2) is 10.9. The van der Waals surface area contributed by atoms with Crippen molar-refractivity contribution in [2.75, 3.05) is 27.2 Å². The van der Waals surface area contributed by atoms with Crippen LogP contribution in [0.25, 0.3) is 0 Å². The van der Waals surface area contributed by atoms with Gasteiger partial charge in [-0.3, -0.25) is 9.59 Å². The number of nitrogens with one attached hydrogen (secondary N) is 1. The summed E-state index contributed by atoms with van der Waals surface area (Å²) >= 11 is 0. The Morgan fingerprint density at radius 2 is 1.58 bits per heavy atom. The molecule has 0 spiro atoms. The summed E-state index contributed by atoms with van der Waals surface area (Å²) in [5.41, 5.74) is 2.61. The Morgan fingerprint density at radius 1 is 0.921 bits per heavy atom. The van der Waals surface area contributed by atoms with Crippen LogP contribution in [0.2, 0.25) is 0 Å². The maximum Gasteiger partial charge on any atom is 0.334 e. The van der Waals surface area contributed by atoms with Gasteiger partial charge in [-0.05, 0) is 28.8 Å². The highest BCUT2D eigenvalue weighted by Crippen LogP contribution is 2.35. The van der Waals surface area contributed by atoms with E-state index < -0.39 is 12.2 Å². The smallest absolute Gasteiger partial charge is 0.334 e. The molecule has 2 atom stereocenters. The molecule has 2 aliphatic rings. The number of hydrogen-bond acceptors (Lipinski definition) is 5. The van der Waals surface area contributed by atoms with Crippen LogP contribution >= 0.6 is 0 Å². The number of hydrogen-bond donors (Lipinski definition) is 1. The van der Waals surface area contributed by atoms with E-state index in [2.05, 4.69) is 5.32 Å². The van der Waals surface area contributed by atoms with Gasteiger partial charge in [0.2, 0.25) is 5.91 Å². The normalized spacial score (nSPS) is 19.8. The van der Waals surface area contributed by atoms with Crippen molar-refractivity contribution in [3.05, 3.63) is 102 Å². The number of nitrogens with zero attached hydrogens (tertiary/aromatic N) is 4. The van der Waals surface area contributed by atoms with Crippen LogP contribution < -0.4 is 10.1 Å². The number of methoxy groups -OCH3 is 1. The largest absolute Gasteiger partial charge is 0.497 e. The van der Waals surface area contributed by atoms with Gasteiger partial charge in [0.15, 0.2) is 0 Å². The molecular weight excluding hydrogens is 482 g/mol. The van der Waals surface area contributed by atoms with Gasteiger partial charge in [-0.2, -0.15) is 0 Å². The van der Waals surface area contributed by atoms with Gasteiger partial charge < -0.3 is 19.9 Å². The molecule has 2 heterocycles. The number of hydrazine groups is 1. The monoisotopic (exact) mass is 513 g/mol. The van der Waals surface area contributed by atoms with E-state index in [1.807, 2.05) is 84.9 Å². The van der Waals surface area contributed by atoms with Crippen LogP contribution in [0.15, 0.2) is 84.9 Å². The van der Waals surface area contributed by atoms with Gasteiger partial charge in [-0.25, -0.2) is 14.8 Å². The number of piperazine rings is 1. The minimum Gasteiger partial charge on any atom is -0.497 e. The van der Waals surface area contributed by atoms with Gasteiger partial charge in [0.1, 0.15) is 18.0 Å². The van der Waals surface area contributed by atoms with Crippen molar-refractivity contribution in [2.45, 2.75) is 25.3 Å². The fraction of sp³-hybridized carbons (Fsp3) is 0.276. The van der Waals surface area contributed by atoms with Crippen molar-refractivity contribution >= 4 is 17.8 Å². The molecule has 0 radical (unpaired) electrons. The summed E-state index contributed by atoms with van der Waals surface area (Å²) in [6.45, 7) is 0.875. The molecule has 3 aromatic rings. The fourth-order valence-electron chi connectivity index (χ4n) is 5.10. The third-order valence-corrected chi connectivity index (χ3v) is 6.97. The van der Waals surface area contributed by atoms with Crippen molar-refractivity contribution in [3.63, 3.8) is 0 Å². The van der Waals surface area contributed by atoms with Crippen LogP contribution in [0.4, 0.5) is 4.79 Å². The van der Waals surface area contributed by atoms with E-state index in [-0.39, 0.29) is 30.9 Å².